The number of Topliss-reactive ketones (excluding diaryl/α,β-unsaturated/α-hetero) is 1. The van der Waals surface area contributed by atoms with Crippen LogP contribution in [0.25, 0.3) is 0 Å². The highest BCUT2D eigenvalue weighted by Crippen LogP contribution is 2.31. The van der Waals surface area contributed by atoms with Crippen LogP contribution in [0.15, 0.2) is 0 Å². The Balaban J connectivity index is 1.72. The van der Waals surface area contributed by atoms with Gasteiger partial charge in [-0.3, -0.25) is 4.79 Å². The fraction of sp³-hybridized carbons (Fsp3) is 0.875. The molecule has 2 nitrogen and oxygen atoms in total. The van der Waals surface area contributed by atoms with Crippen LogP contribution >= 0.6 is 0 Å². The summed E-state index contributed by atoms with van der Waals surface area (Å²) in [7, 11) is 0. The highest BCUT2D eigenvalue weighted by Gasteiger charge is 2.31. The predicted molar refractivity (Wildman–Crippen MR) is 38.8 cm³/mol. The number of carbonyl (C=O) groups is 1. The summed E-state index contributed by atoms with van der Waals surface area (Å²) < 4.78 is 0. The molecule has 0 aromatic carbocycles. The number of rotatable bonds is 3. The molecule has 56 valence electrons. The summed E-state index contributed by atoms with van der Waals surface area (Å²) in [6.45, 7) is 1.11. The lowest BCUT2D eigenvalue weighted by atomic mass is 9.99. The Labute approximate surface area is 61.0 Å². The van der Waals surface area contributed by atoms with E-state index in [1.807, 2.05) is 0 Å². The van der Waals surface area contributed by atoms with E-state index >= 15 is 0 Å². The van der Waals surface area contributed by atoms with Gasteiger partial charge in [-0.25, -0.2) is 0 Å². The zero-order chi connectivity index (χ0) is 6.97. The van der Waals surface area contributed by atoms with Gasteiger partial charge in [-0.2, -0.15) is 0 Å². The van der Waals surface area contributed by atoms with Gasteiger partial charge in [0, 0.05) is 18.4 Å². The van der Waals surface area contributed by atoms with Crippen molar-refractivity contribution in [3.8, 4) is 0 Å². The van der Waals surface area contributed by atoms with Crippen molar-refractivity contribution in [3.05, 3.63) is 0 Å². The Kier molecular flexibility index (Phi) is 1.49. The van der Waals surface area contributed by atoms with E-state index in [-0.39, 0.29) is 0 Å². The molecule has 2 heteroatoms. The molecular formula is C8H13NO. The third-order valence-corrected chi connectivity index (χ3v) is 2.41. The summed E-state index contributed by atoms with van der Waals surface area (Å²) in [5.41, 5.74) is 0. The average molecular weight is 139 g/mol. The molecule has 1 heterocycles. The van der Waals surface area contributed by atoms with Crippen molar-refractivity contribution < 1.29 is 4.79 Å². The van der Waals surface area contributed by atoms with E-state index in [0.29, 0.717) is 17.7 Å². The van der Waals surface area contributed by atoms with E-state index < -0.39 is 0 Å². The van der Waals surface area contributed by atoms with Gasteiger partial charge in [0.25, 0.3) is 0 Å². The van der Waals surface area contributed by atoms with E-state index in [1.54, 1.807) is 0 Å². The maximum Gasteiger partial charge on any atom is 0.137 e. The van der Waals surface area contributed by atoms with Crippen molar-refractivity contribution in [2.45, 2.75) is 31.7 Å². The summed E-state index contributed by atoms with van der Waals surface area (Å²) in [4.78, 5) is 11.2. The lowest BCUT2D eigenvalue weighted by molar-refractivity contribution is -0.121. The van der Waals surface area contributed by atoms with Crippen LogP contribution in [0.5, 0.6) is 0 Å². The third-order valence-electron chi connectivity index (χ3n) is 2.41. The first-order valence-corrected chi connectivity index (χ1v) is 4.12. The Hall–Kier alpha value is -0.370. The molecule has 1 aliphatic carbocycles. The second-order valence-corrected chi connectivity index (χ2v) is 3.38. The Morgan fingerprint density at radius 2 is 2.10 bits per heavy atom. The van der Waals surface area contributed by atoms with Crippen LogP contribution in [-0.2, 0) is 4.79 Å². The molecule has 2 rings (SSSR count). The fourth-order valence-corrected chi connectivity index (χ4v) is 1.34. The number of carbonyl (C=O) groups excluding carboxylic acids is 1. The van der Waals surface area contributed by atoms with Gasteiger partial charge in [0.2, 0.25) is 0 Å². The molecule has 10 heavy (non-hydrogen) atoms. The maximum atomic E-state index is 11.2. The molecule has 2 fully saturated rings. The minimum Gasteiger partial charge on any atom is -0.313 e. The Bertz CT molecular complexity index is 147. The second-order valence-electron chi connectivity index (χ2n) is 3.38. The molecule has 1 unspecified atom stereocenters. The summed E-state index contributed by atoms with van der Waals surface area (Å²) in [6.07, 6.45) is 4.32. The standard InChI is InChI=1S/C8H13NO/c10-8(6-1-2-6)5-7-3-4-9-7/h6-7,9H,1-5H2. The van der Waals surface area contributed by atoms with E-state index in [4.69, 9.17) is 0 Å². The quantitative estimate of drug-likeness (QED) is 0.624. The topological polar surface area (TPSA) is 29.1 Å². The van der Waals surface area contributed by atoms with E-state index in [2.05, 4.69) is 5.32 Å². The number of hydrogen-bond donors (Lipinski definition) is 1. The summed E-state index contributed by atoms with van der Waals surface area (Å²) in [5, 5.41) is 3.24. The third kappa shape index (κ3) is 1.21. The smallest absolute Gasteiger partial charge is 0.137 e. The molecule has 2 aliphatic rings. The number of ketones is 1. The molecule has 1 atom stereocenters. The van der Waals surface area contributed by atoms with Gasteiger partial charge in [0.15, 0.2) is 0 Å². The largest absolute Gasteiger partial charge is 0.313 e. The summed E-state index contributed by atoms with van der Waals surface area (Å²) in [5.74, 6) is 0.958. The van der Waals surface area contributed by atoms with Crippen LogP contribution < -0.4 is 5.32 Å². The molecule has 1 saturated carbocycles. The van der Waals surface area contributed by atoms with Crippen LogP contribution in [-0.4, -0.2) is 18.4 Å². The molecular weight excluding hydrogens is 126 g/mol. The minimum absolute atomic E-state index is 0.461. The first kappa shape index (κ1) is 6.35. The highest BCUT2D eigenvalue weighted by molar-refractivity contribution is 5.83. The first-order chi connectivity index (χ1) is 4.86. The number of hydrogen-bond acceptors (Lipinski definition) is 2. The minimum atomic E-state index is 0.461. The molecule has 1 saturated heterocycles. The normalized spacial score (nSPS) is 31.4. The molecule has 1 N–H and O–H groups in total. The lowest BCUT2D eigenvalue weighted by Gasteiger charge is -2.26. The van der Waals surface area contributed by atoms with Gasteiger partial charge >= 0.3 is 0 Å². The molecule has 0 amide bonds. The zero-order valence-corrected chi connectivity index (χ0v) is 6.10. The molecule has 0 spiro atoms. The van der Waals surface area contributed by atoms with Gasteiger partial charge in [0.1, 0.15) is 5.78 Å². The zero-order valence-electron chi connectivity index (χ0n) is 6.10. The SMILES string of the molecule is O=C(CC1CCN1)C1CC1. The van der Waals surface area contributed by atoms with Gasteiger partial charge in [-0.05, 0) is 25.8 Å². The van der Waals surface area contributed by atoms with Gasteiger partial charge in [0.05, 0.1) is 0 Å². The second kappa shape index (κ2) is 2.35. The molecule has 0 radical (unpaired) electrons. The van der Waals surface area contributed by atoms with Crippen molar-refractivity contribution >= 4 is 5.78 Å². The van der Waals surface area contributed by atoms with Crippen molar-refractivity contribution in [3.63, 3.8) is 0 Å². The molecule has 0 bridgehead atoms. The van der Waals surface area contributed by atoms with E-state index in [1.165, 1.54) is 6.42 Å². The highest BCUT2D eigenvalue weighted by atomic mass is 16.1. The van der Waals surface area contributed by atoms with Gasteiger partial charge in [-0.15, -0.1) is 0 Å². The number of nitrogens with one attached hydrogen (secondary N) is 1. The average Bonchev–Trinajstić information content (AvgIpc) is 2.58. The van der Waals surface area contributed by atoms with Gasteiger partial charge in [-0.1, -0.05) is 0 Å². The van der Waals surface area contributed by atoms with Gasteiger partial charge < -0.3 is 5.32 Å². The Morgan fingerprint density at radius 3 is 2.50 bits per heavy atom. The lowest BCUT2D eigenvalue weighted by Crippen LogP contribution is -2.44. The van der Waals surface area contributed by atoms with Crippen molar-refractivity contribution in [2.24, 2.45) is 5.92 Å². The van der Waals surface area contributed by atoms with Crippen LogP contribution in [0.4, 0.5) is 0 Å². The molecule has 0 aromatic rings. The van der Waals surface area contributed by atoms with Crippen molar-refractivity contribution in [1.29, 1.82) is 0 Å². The molecule has 1 aliphatic heterocycles. The van der Waals surface area contributed by atoms with E-state index in [9.17, 15) is 4.79 Å². The predicted octanol–water partition coefficient (Wildman–Crippen LogP) is 0.718. The van der Waals surface area contributed by atoms with Crippen molar-refractivity contribution in [1.82, 2.24) is 5.32 Å². The monoisotopic (exact) mass is 139 g/mol. The maximum absolute atomic E-state index is 11.2. The first-order valence-electron chi connectivity index (χ1n) is 4.12. The van der Waals surface area contributed by atoms with Crippen LogP contribution in [0.2, 0.25) is 0 Å². The van der Waals surface area contributed by atoms with E-state index in [0.717, 1.165) is 25.8 Å². The van der Waals surface area contributed by atoms with Crippen LogP contribution in [0.3, 0.4) is 0 Å². The Morgan fingerprint density at radius 1 is 1.40 bits per heavy atom. The van der Waals surface area contributed by atoms with Crippen LogP contribution in [0, 0.1) is 5.92 Å². The van der Waals surface area contributed by atoms with Crippen LogP contribution in [0.1, 0.15) is 25.7 Å². The molecule has 0 aromatic heterocycles. The van der Waals surface area contributed by atoms with Crippen molar-refractivity contribution in [2.75, 3.05) is 6.54 Å². The fourth-order valence-electron chi connectivity index (χ4n) is 1.34. The summed E-state index contributed by atoms with van der Waals surface area (Å²) >= 11 is 0. The summed E-state index contributed by atoms with van der Waals surface area (Å²) in [6, 6.07) is 0.535.